The van der Waals surface area contributed by atoms with Gasteiger partial charge in [0, 0.05) is 5.19 Å². The van der Waals surface area contributed by atoms with Crippen LogP contribution in [-0.2, 0) is 4.53 Å². The van der Waals surface area contributed by atoms with Gasteiger partial charge in [0.05, 0.1) is 6.54 Å². The molecular weight excluding hydrogens is 290 g/mol. The first-order valence-corrected chi connectivity index (χ1v) is 13.7. The quantitative estimate of drug-likeness (QED) is 0.565. The molecule has 0 spiro atoms. The molecule has 21 heavy (non-hydrogen) atoms. The molecule has 1 radical (unpaired) electrons. The molecule has 0 bridgehead atoms. The fraction of sp³-hybridized carbons (Fsp3) is 0.588. The van der Waals surface area contributed by atoms with Crippen molar-refractivity contribution in [3.05, 3.63) is 37.4 Å². The van der Waals surface area contributed by atoms with Crippen LogP contribution in [0.1, 0.15) is 27.7 Å². The monoisotopic (exact) mass is 323 g/mol. The first-order valence-electron chi connectivity index (χ1n) is 7.86. The first kappa shape index (κ1) is 18.6. The van der Waals surface area contributed by atoms with Gasteiger partial charge in [0.15, 0.2) is 0 Å². The van der Waals surface area contributed by atoms with Crippen LogP contribution in [0.3, 0.4) is 0 Å². The maximum absolute atomic E-state index is 6.79. The molecule has 4 heteroatoms. The summed E-state index contributed by atoms with van der Waals surface area (Å²) in [6, 6.07) is 10.8. The van der Waals surface area contributed by atoms with E-state index in [-0.39, 0.29) is 5.04 Å². The second kappa shape index (κ2) is 5.99. The van der Waals surface area contributed by atoms with E-state index in [2.05, 4.69) is 91.3 Å². The Morgan fingerprint density at radius 1 is 1.05 bits per heavy atom. The summed E-state index contributed by atoms with van der Waals surface area (Å²) in [5, 5.41) is 1.60. The smallest absolute Gasteiger partial charge is 0.275 e. The lowest BCUT2D eigenvalue weighted by atomic mass is 10.2. The summed E-state index contributed by atoms with van der Waals surface area (Å²) in [6.07, 6.45) is 0. The Labute approximate surface area is 133 Å². The third-order valence-corrected chi connectivity index (χ3v) is 14.0. The van der Waals surface area contributed by atoms with E-state index in [1.165, 1.54) is 5.19 Å². The standard InChI is InChI=1S/C17H33NOSi2/c1-10-18(5,19-21(8,9)17(2,3)4)20(6,7)16-14-12-11-13-15-16/h11-15H,5,10H2,1-4,6-9H3/q+1. The van der Waals surface area contributed by atoms with Crippen LogP contribution in [0.2, 0.25) is 31.2 Å². The topological polar surface area (TPSA) is 9.23 Å². The zero-order valence-electron chi connectivity index (χ0n) is 15.2. The molecule has 2 nitrogen and oxygen atoms in total. The van der Waals surface area contributed by atoms with Gasteiger partial charge in [0.1, 0.15) is 7.05 Å². The zero-order valence-corrected chi connectivity index (χ0v) is 17.2. The summed E-state index contributed by atoms with van der Waals surface area (Å²) < 4.78 is 7.29. The Kier molecular flexibility index (Phi) is 5.31. The average Bonchev–Trinajstić information content (AvgIpc) is 2.37. The van der Waals surface area contributed by atoms with Crippen molar-refractivity contribution >= 4 is 21.7 Å². The van der Waals surface area contributed by atoms with Gasteiger partial charge in [-0.05, 0) is 38.2 Å². The van der Waals surface area contributed by atoms with Crippen molar-refractivity contribution in [3.8, 4) is 0 Å². The van der Waals surface area contributed by atoms with Crippen molar-refractivity contribution < 1.29 is 8.84 Å². The normalized spacial score (nSPS) is 16.6. The number of nitrogens with zero attached hydrogens (tertiary/aromatic N) is 1. The summed E-state index contributed by atoms with van der Waals surface area (Å²) >= 11 is 0. The molecular formula is C17H33NOSi2+. The number of hydroxylamine groups is 2. The lowest BCUT2D eigenvalue weighted by Crippen LogP contribution is -2.71. The molecule has 1 rings (SSSR count). The van der Waals surface area contributed by atoms with E-state index in [1.807, 2.05) is 0 Å². The third kappa shape index (κ3) is 3.67. The second-order valence-corrected chi connectivity index (χ2v) is 17.2. The van der Waals surface area contributed by atoms with Crippen LogP contribution in [0.15, 0.2) is 30.3 Å². The summed E-state index contributed by atoms with van der Waals surface area (Å²) in [5.74, 6) is 0. The maximum atomic E-state index is 6.79. The van der Waals surface area contributed by atoms with E-state index in [0.717, 1.165) is 6.54 Å². The lowest BCUT2D eigenvalue weighted by Gasteiger charge is -2.49. The van der Waals surface area contributed by atoms with Crippen molar-refractivity contribution in [2.75, 3.05) is 6.54 Å². The van der Waals surface area contributed by atoms with Crippen LogP contribution < -0.4 is 5.19 Å². The SMILES string of the molecule is [CH2][N+](CC)(O[Si](C)(C)C(C)(C)C)[Si](C)(C)c1ccccc1. The summed E-state index contributed by atoms with van der Waals surface area (Å²) in [5.41, 5.74) is 0. The van der Waals surface area contributed by atoms with E-state index in [1.54, 1.807) is 0 Å². The molecule has 1 unspecified atom stereocenters. The molecule has 1 aromatic rings. The highest BCUT2D eigenvalue weighted by atomic mass is 28.4. The van der Waals surface area contributed by atoms with Crippen molar-refractivity contribution in [2.45, 2.75) is 58.9 Å². The van der Waals surface area contributed by atoms with Gasteiger partial charge in [0.2, 0.25) is 0 Å². The Balaban J connectivity index is 3.21. The van der Waals surface area contributed by atoms with Gasteiger partial charge < -0.3 is 0 Å². The van der Waals surface area contributed by atoms with Crippen LogP contribution >= 0.6 is 0 Å². The molecule has 1 aromatic carbocycles. The number of hydrogen-bond acceptors (Lipinski definition) is 1. The Morgan fingerprint density at radius 2 is 1.52 bits per heavy atom. The van der Waals surface area contributed by atoms with Crippen molar-refractivity contribution in [3.63, 3.8) is 0 Å². The van der Waals surface area contributed by atoms with E-state index < -0.39 is 16.6 Å². The summed E-state index contributed by atoms with van der Waals surface area (Å²) in [4.78, 5) is 0. The third-order valence-electron chi connectivity index (χ3n) is 5.22. The molecule has 0 aliphatic rings. The minimum Gasteiger partial charge on any atom is -0.275 e. The van der Waals surface area contributed by atoms with E-state index in [4.69, 9.17) is 4.53 Å². The van der Waals surface area contributed by atoms with Gasteiger partial charge >= 0.3 is 8.24 Å². The van der Waals surface area contributed by atoms with E-state index >= 15 is 0 Å². The van der Waals surface area contributed by atoms with Crippen molar-refractivity contribution in [1.82, 2.24) is 0 Å². The highest BCUT2D eigenvalue weighted by Gasteiger charge is 2.53. The number of hydrogen-bond donors (Lipinski definition) is 0. The van der Waals surface area contributed by atoms with Gasteiger partial charge in [-0.15, -0.1) is 0 Å². The van der Waals surface area contributed by atoms with Crippen LogP contribution in [0.4, 0.5) is 0 Å². The predicted molar refractivity (Wildman–Crippen MR) is 98.0 cm³/mol. The first-order chi connectivity index (χ1) is 9.37. The van der Waals surface area contributed by atoms with Crippen LogP contribution in [0.25, 0.3) is 0 Å². The van der Waals surface area contributed by atoms with Gasteiger partial charge in [-0.3, -0.25) is 4.53 Å². The Bertz CT molecular complexity index is 465. The number of benzene rings is 1. The maximum Gasteiger partial charge on any atom is 0.342 e. The van der Waals surface area contributed by atoms with Crippen molar-refractivity contribution in [2.24, 2.45) is 0 Å². The van der Waals surface area contributed by atoms with E-state index in [9.17, 15) is 0 Å². The average molecular weight is 324 g/mol. The molecule has 0 saturated carbocycles. The molecule has 0 aromatic heterocycles. The number of rotatable bonds is 5. The molecule has 0 N–H and O–H groups in total. The molecule has 0 amide bonds. The van der Waals surface area contributed by atoms with Gasteiger partial charge in [-0.2, -0.15) is 0 Å². The Morgan fingerprint density at radius 3 is 1.90 bits per heavy atom. The van der Waals surface area contributed by atoms with Gasteiger partial charge in [-0.25, -0.2) is 4.31 Å². The predicted octanol–water partition coefficient (Wildman–Crippen LogP) is 4.66. The molecule has 0 saturated heterocycles. The summed E-state index contributed by atoms with van der Waals surface area (Å²) in [7, 11) is 0.804. The zero-order chi connectivity index (χ0) is 16.5. The fourth-order valence-electron chi connectivity index (χ4n) is 2.23. The number of quaternary nitrogens is 1. The van der Waals surface area contributed by atoms with Crippen LogP contribution in [-0.4, -0.2) is 27.4 Å². The molecule has 0 aliphatic carbocycles. The minimum atomic E-state index is -1.88. The molecule has 0 heterocycles. The second-order valence-electron chi connectivity index (χ2n) is 7.98. The van der Waals surface area contributed by atoms with Crippen LogP contribution in [0.5, 0.6) is 0 Å². The minimum absolute atomic E-state index is 0.199. The van der Waals surface area contributed by atoms with E-state index in [0.29, 0.717) is 4.31 Å². The highest BCUT2D eigenvalue weighted by molar-refractivity contribution is 6.84. The largest absolute Gasteiger partial charge is 0.342 e. The molecule has 1 atom stereocenters. The molecule has 0 aliphatic heterocycles. The molecule has 119 valence electrons. The molecule has 0 fully saturated rings. The van der Waals surface area contributed by atoms with Gasteiger partial charge in [0.25, 0.3) is 8.32 Å². The highest BCUT2D eigenvalue weighted by Crippen LogP contribution is 2.40. The van der Waals surface area contributed by atoms with Crippen molar-refractivity contribution in [1.29, 1.82) is 0 Å². The van der Waals surface area contributed by atoms with Gasteiger partial charge in [-0.1, -0.05) is 51.1 Å². The summed E-state index contributed by atoms with van der Waals surface area (Å²) in [6.45, 7) is 19.3. The Hall–Kier alpha value is -0.426. The van der Waals surface area contributed by atoms with Crippen LogP contribution in [0, 0.1) is 7.05 Å². The lowest BCUT2D eigenvalue weighted by molar-refractivity contribution is -0.967. The fourth-order valence-corrected chi connectivity index (χ4v) is 7.37.